The first-order valence-electron chi connectivity index (χ1n) is 6.64. The zero-order chi connectivity index (χ0) is 14.7. The van der Waals surface area contributed by atoms with Gasteiger partial charge >= 0.3 is 0 Å². The summed E-state index contributed by atoms with van der Waals surface area (Å²) in [7, 11) is 0. The van der Waals surface area contributed by atoms with Crippen LogP contribution in [0.5, 0.6) is 0 Å². The molecule has 0 aliphatic rings. The Morgan fingerprint density at radius 2 is 2.20 bits per heavy atom. The van der Waals surface area contributed by atoms with Crippen LogP contribution in [0, 0.1) is 5.92 Å². The number of anilines is 1. The summed E-state index contributed by atoms with van der Waals surface area (Å²) < 4.78 is 0. The van der Waals surface area contributed by atoms with Crippen molar-refractivity contribution >= 4 is 34.1 Å². The maximum absolute atomic E-state index is 12.2. The van der Waals surface area contributed by atoms with Gasteiger partial charge < -0.3 is 11.1 Å². The molecular weight excluding hydrogens is 274 g/mol. The second-order valence-corrected chi connectivity index (χ2v) is 5.30. The molecule has 106 valence electrons. The highest BCUT2D eigenvalue weighted by Gasteiger charge is 2.20. The minimum atomic E-state index is -0.526. The van der Waals surface area contributed by atoms with Gasteiger partial charge in [0.05, 0.1) is 22.3 Å². The lowest BCUT2D eigenvalue weighted by Gasteiger charge is -2.18. The van der Waals surface area contributed by atoms with Gasteiger partial charge in [-0.3, -0.25) is 9.78 Å². The van der Waals surface area contributed by atoms with Crippen molar-refractivity contribution in [2.75, 3.05) is 5.32 Å². The number of carbonyl (C=O) groups is 1. The number of nitrogens with one attached hydrogen (secondary N) is 1. The number of amides is 1. The summed E-state index contributed by atoms with van der Waals surface area (Å²) in [4.78, 5) is 16.4. The Morgan fingerprint density at radius 3 is 2.90 bits per heavy atom. The monoisotopic (exact) mass is 291 g/mol. The van der Waals surface area contributed by atoms with E-state index in [0.29, 0.717) is 16.2 Å². The van der Waals surface area contributed by atoms with Gasteiger partial charge in [0.2, 0.25) is 5.91 Å². The van der Waals surface area contributed by atoms with Crippen LogP contribution in [0.25, 0.3) is 10.9 Å². The van der Waals surface area contributed by atoms with E-state index in [1.807, 2.05) is 26.0 Å². The van der Waals surface area contributed by atoms with Crippen LogP contribution in [0.4, 0.5) is 5.69 Å². The van der Waals surface area contributed by atoms with Crippen molar-refractivity contribution in [3.05, 3.63) is 35.5 Å². The molecule has 4 nitrogen and oxygen atoms in total. The van der Waals surface area contributed by atoms with Gasteiger partial charge in [-0.15, -0.1) is 0 Å². The molecule has 2 aromatic rings. The van der Waals surface area contributed by atoms with E-state index in [-0.39, 0.29) is 11.8 Å². The van der Waals surface area contributed by atoms with Crippen molar-refractivity contribution in [3.63, 3.8) is 0 Å². The van der Waals surface area contributed by atoms with Crippen molar-refractivity contribution in [2.24, 2.45) is 11.7 Å². The van der Waals surface area contributed by atoms with Gasteiger partial charge in [0.25, 0.3) is 0 Å². The van der Waals surface area contributed by atoms with Crippen molar-refractivity contribution in [1.82, 2.24) is 4.98 Å². The molecule has 0 aliphatic heterocycles. The number of rotatable bonds is 4. The summed E-state index contributed by atoms with van der Waals surface area (Å²) in [5, 5.41) is 4.23. The first-order chi connectivity index (χ1) is 9.54. The van der Waals surface area contributed by atoms with Crippen LogP contribution in [-0.4, -0.2) is 16.9 Å². The lowest BCUT2D eigenvalue weighted by atomic mass is 9.99. The molecule has 20 heavy (non-hydrogen) atoms. The summed E-state index contributed by atoms with van der Waals surface area (Å²) in [6.07, 6.45) is 2.53. The average Bonchev–Trinajstić information content (AvgIpc) is 2.48. The number of benzene rings is 1. The second-order valence-electron chi connectivity index (χ2n) is 4.90. The Morgan fingerprint density at radius 1 is 1.45 bits per heavy atom. The quantitative estimate of drug-likeness (QED) is 0.909. The molecule has 0 saturated heterocycles. The van der Waals surface area contributed by atoms with Crippen molar-refractivity contribution < 1.29 is 4.79 Å². The molecule has 0 unspecified atom stereocenters. The molecular formula is C15H18ClN3O. The van der Waals surface area contributed by atoms with Gasteiger partial charge in [0.1, 0.15) is 0 Å². The maximum Gasteiger partial charge on any atom is 0.241 e. The molecule has 1 heterocycles. The summed E-state index contributed by atoms with van der Waals surface area (Å²) >= 11 is 6.10. The SMILES string of the molecule is CC[C@H](C)[C@H](N)C(=O)Nc1ccc(Cl)c2ncccc12. The largest absolute Gasteiger partial charge is 0.324 e. The standard InChI is InChI=1S/C15H18ClN3O/c1-3-9(2)13(17)15(20)19-12-7-6-11(16)14-10(12)5-4-8-18-14/h4-9,13H,3,17H2,1-2H3,(H,19,20)/t9-,13-/m0/s1. The lowest BCUT2D eigenvalue weighted by molar-refractivity contribution is -0.118. The molecule has 2 atom stereocenters. The summed E-state index contributed by atoms with van der Waals surface area (Å²) in [6, 6.07) is 6.65. The molecule has 0 fully saturated rings. The fraction of sp³-hybridized carbons (Fsp3) is 0.333. The summed E-state index contributed by atoms with van der Waals surface area (Å²) in [5.74, 6) is -0.0569. The molecule has 5 heteroatoms. The first kappa shape index (κ1) is 14.8. The highest BCUT2D eigenvalue weighted by Crippen LogP contribution is 2.28. The Balaban J connectivity index is 2.31. The topological polar surface area (TPSA) is 68.0 Å². The van der Waals surface area contributed by atoms with Gasteiger partial charge in [0.15, 0.2) is 0 Å². The number of nitrogens with two attached hydrogens (primary N) is 1. The molecule has 1 aromatic carbocycles. The minimum Gasteiger partial charge on any atom is -0.324 e. The molecule has 2 rings (SSSR count). The molecule has 0 aliphatic carbocycles. The van der Waals surface area contributed by atoms with E-state index >= 15 is 0 Å². The molecule has 0 radical (unpaired) electrons. The number of hydrogen-bond donors (Lipinski definition) is 2. The molecule has 1 amide bonds. The number of aromatic nitrogens is 1. The van der Waals surface area contributed by atoms with Gasteiger partial charge in [-0.05, 0) is 30.2 Å². The fourth-order valence-corrected chi connectivity index (χ4v) is 2.19. The minimum absolute atomic E-state index is 0.131. The van der Waals surface area contributed by atoms with Crippen LogP contribution >= 0.6 is 11.6 Å². The van der Waals surface area contributed by atoms with Crippen LogP contribution in [0.1, 0.15) is 20.3 Å². The Bertz CT molecular complexity index is 630. The molecule has 1 aromatic heterocycles. The van der Waals surface area contributed by atoms with Gasteiger partial charge in [0, 0.05) is 11.6 Å². The molecule has 0 bridgehead atoms. The first-order valence-corrected chi connectivity index (χ1v) is 7.02. The third-order valence-electron chi connectivity index (χ3n) is 3.54. The third kappa shape index (κ3) is 2.92. The molecule has 0 spiro atoms. The van der Waals surface area contributed by atoms with Crippen LogP contribution < -0.4 is 11.1 Å². The molecule has 3 N–H and O–H groups in total. The number of fused-ring (bicyclic) bond motifs is 1. The maximum atomic E-state index is 12.2. The second kappa shape index (κ2) is 6.20. The van der Waals surface area contributed by atoms with E-state index in [9.17, 15) is 4.79 Å². The summed E-state index contributed by atoms with van der Waals surface area (Å²) in [5.41, 5.74) is 7.29. The Kier molecular flexibility index (Phi) is 4.57. The van der Waals surface area contributed by atoms with Crippen LogP contribution in [0.15, 0.2) is 30.5 Å². The van der Waals surface area contributed by atoms with Crippen LogP contribution in [-0.2, 0) is 4.79 Å². The van der Waals surface area contributed by atoms with E-state index in [4.69, 9.17) is 17.3 Å². The average molecular weight is 292 g/mol. The smallest absolute Gasteiger partial charge is 0.241 e. The predicted molar refractivity (Wildman–Crippen MR) is 82.8 cm³/mol. The number of nitrogens with zero attached hydrogens (tertiary/aromatic N) is 1. The fourth-order valence-electron chi connectivity index (χ4n) is 1.98. The zero-order valence-electron chi connectivity index (χ0n) is 11.6. The van der Waals surface area contributed by atoms with Crippen molar-refractivity contribution in [2.45, 2.75) is 26.3 Å². The van der Waals surface area contributed by atoms with Gasteiger partial charge in [-0.1, -0.05) is 31.9 Å². The van der Waals surface area contributed by atoms with Crippen LogP contribution in [0.2, 0.25) is 5.02 Å². The predicted octanol–water partition coefficient (Wildman–Crippen LogP) is 3.20. The van der Waals surface area contributed by atoms with Crippen molar-refractivity contribution in [1.29, 1.82) is 0 Å². The lowest BCUT2D eigenvalue weighted by Crippen LogP contribution is -2.40. The number of halogens is 1. The Labute approximate surface area is 123 Å². The number of hydrogen-bond acceptors (Lipinski definition) is 3. The van der Waals surface area contributed by atoms with E-state index in [1.54, 1.807) is 18.3 Å². The van der Waals surface area contributed by atoms with E-state index in [0.717, 1.165) is 11.8 Å². The van der Waals surface area contributed by atoms with E-state index < -0.39 is 6.04 Å². The Hall–Kier alpha value is -1.65. The van der Waals surface area contributed by atoms with Crippen LogP contribution in [0.3, 0.4) is 0 Å². The zero-order valence-corrected chi connectivity index (χ0v) is 12.3. The number of carbonyl (C=O) groups excluding carboxylic acids is 1. The van der Waals surface area contributed by atoms with Gasteiger partial charge in [-0.2, -0.15) is 0 Å². The normalized spacial score (nSPS) is 14.0. The highest BCUT2D eigenvalue weighted by molar-refractivity contribution is 6.35. The van der Waals surface area contributed by atoms with E-state index in [1.165, 1.54) is 0 Å². The van der Waals surface area contributed by atoms with E-state index in [2.05, 4.69) is 10.3 Å². The highest BCUT2D eigenvalue weighted by atomic mass is 35.5. The molecule has 0 saturated carbocycles. The number of pyridine rings is 1. The van der Waals surface area contributed by atoms with Gasteiger partial charge in [-0.25, -0.2) is 0 Å². The third-order valence-corrected chi connectivity index (χ3v) is 3.84. The summed E-state index contributed by atoms with van der Waals surface area (Å²) in [6.45, 7) is 3.98. The van der Waals surface area contributed by atoms with Crippen molar-refractivity contribution in [3.8, 4) is 0 Å².